The van der Waals surface area contributed by atoms with Gasteiger partial charge in [0.25, 0.3) is 5.91 Å². The van der Waals surface area contributed by atoms with Crippen molar-refractivity contribution >= 4 is 12.0 Å². The minimum atomic E-state index is -0.928. The van der Waals surface area contributed by atoms with Gasteiger partial charge in [0, 0.05) is 49.2 Å². The maximum atomic E-state index is 13.3. The van der Waals surface area contributed by atoms with Gasteiger partial charge in [0.15, 0.2) is 0 Å². The van der Waals surface area contributed by atoms with Crippen molar-refractivity contribution in [2.45, 2.75) is 6.10 Å². The number of amides is 2. The minimum absolute atomic E-state index is 0.128. The molecule has 1 aliphatic carbocycles. The zero-order valence-electron chi connectivity index (χ0n) is 15.9. The zero-order valence-corrected chi connectivity index (χ0v) is 15.9. The van der Waals surface area contributed by atoms with Gasteiger partial charge in [-0.1, -0.05) is 0 Å². The molecule has 3 atom stereocenters. The summed E-state index contributed by atoms with van der Waals surface area (Å²) in [5.74, 6) is -0.228. The number of hydroxylamine groups is 2. The topological polar surface area (TPSA) is 92.2 Å². The Balaban J connectivity index is 1.60. The normalized spacial score (nSPS) is 22.2. The molecule has 1 saturated heterocycles. The van der Waals surface area contributed by atoms with Gasteiger partial charge in [0.2, 0.25) is 5.88 Å². The van der Waals surface area contributed by atoms with E-state index in [9.17, 15) is 14.0 Å². The van der Waals surface area contributed by atoms with Crippen LogP contribution in [0.3, 0.4) is 0 Å². The van der Waals surface area contributed by atoms with E-state index in [0.29, 0.717) is 29.9 Å². The molecule has 1 aromatic heterocycles. The average molecular weight is 401 g/mol. The lowest BCUT2D eigenvalue weighted by Gasteiger charge is -2.18. The highest BCUT2D eigenvalue weighted by atomic mass is 19.1. The standard InChI is InChI=1S/C20H20FN3O5/c1-23(28-2)19(25)12-7-16(11-3-5-13(21)6-4-11)22-17(8-12)29-18-14-9-24(20(26)27)10-15(14)18/h3-8,14-15,18H,9-10H2,1-2H3,(H,26,27)/t14-,15+,18-. The molecule has 2 aromatic rings. The van der Waals surface area contributed by atoms with Crippen molar-refractivity contribution in [3.05, 3.63) is 47.8 Å². The summed E-state index contributed by atoms with van der Waals surface area (Å²) in [6.45, 7) is 0.862. The molecule has 2 heterocycles. The Morgan fingerprint density at radius 2 is 1.86 bits per heavy atom. The van der Waals surface area contributed by atoms with E-state index in [-0.39, 0.29) is 35.5 Å². The van der Waals surface area contributed by atoms with Crippen LogP contribution in [0.2, 0.25) is 0 Å². The number of nitrogens with zero attached hydrogens (tertiary/aromatic N) is 3. The summed E-state index contributed by atoms with van der Waals surface area (Å²) in [5, 5.41) is 10.2. The molecule has 9 heteroatoms. The van der Waals surface area contributed by atoms with Crippen LogP contribution in [0.25, 0.3) is 11.3 Å². The van der Waals surface area contributed by atoms with Crippen LogP contribution in [0.1, 0.15) is 10.4 Å². The molecule has 2 amide bonds. The lowest BCUT2D eigenvalue weighted by molar-refractivity contribution is -0.0757. The zero-order chi connectivity index (χ0) is 20.7. The van der Waals surface area contributed by atoms with Crippen LogP contribution < -0.4 is 4.74 Å². The van der Waals surface area contributed by atoms with Gasteiger partial charge in [-0.05, 0) is 30.3 Å². The molecule has 1 N–H and O–H groups in total. The van der Waals surface area contributed by atoms with E-state index in [4.69, 9.17) is 14.7 Å². The maximum Gasteiger partial charge on any atom is 0.407 e. The number of halogens is 1. The first-order chi connectivity index (χ1) is 13.9. The van der Waals surface area contributed by atoms with Crippen molar-refractivity contribution < 1.29 is 28.7 Å². The lowest BCUT2D eigenvalue weighted by atomic mass is 10.1. The molecule has 1 aromatic carbocycles. The van der Waals surface area contributed by atoms with E-state index in [1.807, 2.05) is 0 Å². The quantitative estimate of drug-likeness (QED) is 0.774. The van der Waals surface area contributed by atoms with Crippen molar-refractivity contribution in [2.24, 2.45) is 11.8 Å². The van der Waals surface area contributed by atoms with Gasteiger partial charge in [-0.2, -0.15) is 0 Å². The van der Waals surface area contributed by atoms with E-state index in [2.05, 4.69) is 4.98 Å². The molecule has 0 radical (unpaired) electrons. The van der Waals surface area contributed by atoms with Gasteiger partial charge in [0.1, 0.15) is 11.9 Å². The fourth-order valence-electron chi connectivity index (χ4n) is 3.66. The van der Waals surface area contributed by atoms with Gasteiger partial charge in [-0.25, -0.2) is 19.2 Å². The number of hydrogen-bond donors (Lipinski definition) is 1. The van der Waals surface area contributed by atoms with E-state index in [1.54, 1.807) is 18.2 Å². The third-order valence-corrected chi connectivity index (χ3v) is 5.39. The summed E-state index contributed by atoms with van der Waals surface area (Å²) >= 11 is 0. The van der Waals surface area contributed by atoms with Crippen molar-refractivity contribution in [1.29, 1.82) is 0 Å². The number of rotatable bonds is 5. The highest BCUT2D eigenvalue weighted by Crippen LogP contribution is 2.47. The van der Waals surface area contributed by atoms with Crippen LogP contribution in [0.15, 0.2) is 36.4 Å². The number of carboxylic acid groups (broad SMARTS) is 1. The Morgan fingerprint density at radius 1 is 1.21 bits per heavy atom. The first-order valence-corrected chi connectivity index (χ1v) is 9.12. The second-order valence-corrected chi connectivity index (χ2v) is 7.17. The fraction of sp³-hybridized carbons (Fsp3) is 0.350. The Morgan fingerprint density at radius 3 is 2.45 bits per heavy atom. The number of hydrogen-bond acceptors (Lipinski definition) is 5. The van der Waals surface area contributed by atoms with E-state index >= 15 is 0 Å². The SMILES string of the molecule is CON(C)C(=O)c1cc(O[C@@H]2[C@@H]3CN(C(=O)O)C[C@@H]32)nc(-c2ccc(F)cc2)c1. The van der Waals surface area contributed by atoms with E-state index in [1.165, 1.54) is 37.3 Å². The van der Waals surface area contributed by atoms with Gasteiger partial charge >= 0.3 is 6.09 Å². The number of likely N-dealkylation sites (tertiary alicyclic amines) is 1. The first kappa shape index (κ1) is 19.1. The molecule has 0 unspecified atom stereocenters. The van der Waals surface area contributed by atoms with Crippen LogP contribution in [-0.2, 0) is 4.84 Å². The molecule has 2 fully saturated rings. The smallest absolute Gasteiger partial charge is 0.407 e. The largest absolute Gasteiger partial charge is 0.474 e. The lowest BCUT2D eigenvalue weighted by Crippen LogP contribution is -2.31. The summed E-state index contributed by atoms with van der Waals surface area (Å²) in [6.07, 6.45) is -1.06. The third kappa shape index (κ3) is 3.73. The molecule has 1 saturated carbocycles. The van der Waals surface area contributed by atoms with Gasteiger partial charge in [-0.15, -0.1) is 0 Å². The van der Waals surface area contributed by atoms with Crippen molar-refractivity contribution in [3.63, 3.8) is 0 Å². The van der Waals surface area contributed by atoms with Crippen molar-refractivity contribution in [2.75, 3.05) is 27.2 Å². The molecular formula is C20H20FN3O5. The maximum absolute atomic E-state index is 13.3. The van der Waals surface area contributed by atoms with E-state index < -0.39 is 6.09 Å². The van der Waals surface area contributed by atoms with Crippen molar-refractivity contribution in [3.8, 4) is 17.1 Å². The molecular weight excluding hydrogens is 381 g/mol. The number of benzene rings is 1. The third-order valence-electron chi connectivity index (χ3n) is 5.39. The van der Waals surface area contributed by atoms with Crippen LogP contribution >= 0.6 is 0 Å². The Hall–Kier alpha value is -3.20. The molecule has 152 valence electrons. The number of ether oxygens (including phenoxy) is 1. The molecule has 2 aliphatic rings. The summed E-state index contributed by atoms with van der Waals surface area (Å²) in [6, 6.07) is 8.92. The van der Waals surface area contributed by atoms with Gasteiger partial charge < -0.3 is 14.7 Å². The monoisotopic (exact) mass is 401 g/mol. The van der Waals surface area contributed by atoms with Crippen LogP contribution in [0.5, 0.6) is 5.88 Å². The predicted molar refractivity (Wildman–Crippen MR) is 99.7 cm³/mol. The summed E-state index contributed by atoms with van der Waals surface area (Å²) < 4.78 is 19.3. The van der Waals surface area contributed by atoms with Gasteiger partial charge in [0.05, 0.1) is 12.8 Å². The Labute approximate surface area is 166 Å². The molecule has 8 nitrogen and oxygen atoms in total. The Bertz CT molecular complexity index is 940. The second-order valence-electron chi connectivity index (χ2n) is 7.17. The first-order valence-electron chi connectivity index (χ1n) is 9.12. The second kappa shape index (κ2) is 7.32. The highest BCUT2D eigenvalue weighted by molar-refractivity contribution is 5.94. The highest BCUT2D eigenvalue weighted by Gasteiger charge is 2.59. The van der Waals surface area contributed by atoms with Crippen molar-refractivity contribution in [1.82, 2.24) is 14.9 Å². The summed E-state index contributed by atoms with van der Waals surface area (Å²) in [7, 11) is 2.88. The van der Waals surface area contributed by atoms with E-state index in [0.717, 1.165) is 5.06 Å². The number of carbonyl (C=O) groups is 2. The number of piperidine rings is 1. The summed E-state index contributed by atoms with van der Waals surface area (Å²) in [4.78, 5) is 34.4. The minimum Gasteiger partial charge on any atom is -0.474 e. The fourth-order valence-corrected chi connectivity index (χ4v) is 3.66. The average Bonchev–Trinajstić information content (AvgIpc) is 3.13. The molecule has 29 heavy (non-hydrogen) atoms. The number of carbonyl (C=O) groups excluding carboxylic acids is 1. The van der Waals surface area contributed by atoms with Gasteiger partial charge in [-0.3, -0.25) is 9.63 Å². The molecule has 0 spiro atoms. The summed E-state index contributed by atoms with van der Waals surface area (Å²) in [5.41, 5.74) is 1.42. The molecule has 1 aliphatic heterocycles. The Kier molecular flexibility index (Phi) is 4.83. The molecule has 4 rings (SSSR count). The van der Waals surface area contributed by atoms with Crippen LogP contribution in [0, 0.1) is 17.7 Å². The molecule has 0 bridgehead atoms. The predicted octanol–water partition coefficient (Wildman–Crippen LogP) is 2.51. The number of aromatic nitrogens is 1. The number of pyridine rings is 1. The van der Waals surface area contributed by atoms with Crippen LogP contribution in [-0.4, -0.2) is 65.4 Å². The number of fused-ring (bicyclic) bond motifs is 1. The van der Waals surface area contributed by atoms with Crippen LogP contribution in [0.4, 0.5) is 9.18 Å².